The molecular weight excluding hydrogens is 166 g/mol. The summed E-state index contributed by atoms with van der Waals surface area (Å²) in [5, 5.41) is 11.9. The van der Waals surface area contributed by atoms with Crippen LogP contribution in [0.25, 0.3) is 10.1 Å². The predicted molar refractivity (Wildman–Crippen MR) is 51.1 cm³/mol. The van der Waals surface area contributed by atoms with E-state index >= 15 is 0 Å². The van der Waals surface area contributed by atoms with E-state index in [9.17, 15) is 0 Å². The Morgan fingerprint density at radius 3 is 3.08 bits per heavy atom. The molecule has 1 heterocycles. The highest BCUT2D eigenvalue weighted by atomic mass is 32.1. The third-order valence-corrected chi connectivity index (χ3v) is 2.84. The first-order chi connectivity index (χ1) is 5.92. The van der Waals surface area contributed by atoms with Gasteiger partial charge in [0.2, 0.25) is 0 Å². The Kier molecular flexibility index (Phi) is 1.81. The van der Waals surface area contributed by atoms with Crippen LogP contribution < -0.4 is 0 Å². The fourth-order valence-electron chi connectivity index (χ4n) is 1.28. The van der Waals surface area contributed by atoms with Gasteiger partial charge < -0.3 is 0 Å². The van der Waals surface area contributed by atoms with E-state index in [4.69, 9.17) is 5.26 Å². The van der Waals surface area contributed by atoms with Crippen LogP contribution in [-0.4, -0.2) is 0 Å². The van der Waals surface area contributed by atoms with Gasteiger partial charge in [-0.1, -0.05) is 18.2 Å². The standard InChI is InChI=1S/C10H7NS/c11-6-4-8-2-1-3-9-5-7-12-10(8)9/h1-3,5,7H,4H2. The molecule has 2 heteroatoms. The average molecular weight is 173 g/mol. The molecule has 0 spiro atoms. The van der Waals surface area contributed by atoms with Gasteiger partial charge in [0.05, 0.1) is 12.5 Å². The summed E-state index contributed by atoms with van der Waals surface area (Å²) in [5.41, 5.74) is 1.14. The van der Waals surface area contributed by atoms with Gasteiger partial charge in [-0.2, -0.15) is 5.26 Å². The van der Waals surface area contributed by atoms with Crippen molar-refractivity contribution in [2.75, 3.05) is 0 Å². The summed E-state index contributed by atoms with van der Waals surface area (Å²) >= 11 is 1.70. The van der Waals surface area contributed by atoms with Crippen LogP contribution in [0.15, 0.2) is 29.6 Å². The summed E-state index contributed by atoms with van der Waals surface area (Å²) in [6, 6.07) is 10.4. The Balaban J connectivity index is 2.67. The summed E-state index contributed by atoms with van der Waals surface area (Å²) in [4.78, 5) is 0. The van der Waals surface area contributed by atoms with Crippen LogP contribution in [0, 0.1) is 11.3 Å². The Hall–Kier alpha value is -1.33. The van der Waals surface area contributed by atoms with Gasteiger partial charge in [0.1, 0.15) is 0 Å². The summed E-state index contributed by atoms with van der Waals surface area (Å²) in [7, 11) is 0. The second kappa shape index (κ2) is 2.96. The number of nitrogens with zero attached hydrogens (tertiary/aromatic N) is 1. The van der Waals surface area contributed by atoms with Crippen LogP contribution in [0.4, 0.5) is 0 Å². The molecule has 0 aliphatic heterocycles. The molecule has 12 heavy (non-hydrogen) atoms. The SMILES string of the molecule is N#CCc1cccc2ccsc12. The lowest BCUT2D eigenvalue weighted by molar-refractivity contribution is 1.29. The lowest BCUT2D eigenvalue weighted by Gasteiger charge is -1.95. The van der Waals surface area contributed by atoms with Crippen molar-refractivity contribution < 1.29 is 0 Å². The lowest BCUT2D eigenvalue weighted by Crippen LogP contribution is -1.79. The monoisotopic (exact) mass is 173 g/mol. The quantitative estimate of drug-likeness (QED) is 0.650. The second-order valence-electron chi connectivity index (χ2n) is 2.59. The number of thiophene rings is 1. The zero-order valence-electron chi connectivity index (χ0n) is 6.45. The molecule has 0 aliphatic rings. The van der Waals surface area contributed by atoms with Gasteiger partial charge in [-0.3, -0.25) is 0 Å². The van der Waals surface area contributed by atoms with Crippen LogP contribution >= 0.6 is 11.3 Å². The average Bonchev–Trinajstić information content (AvgIpc) is 2.53. The number of hydrogen-bond acceptors (Lipinski definition) is 2. The van der Waals surface area contributed by atoms with E-state index in [-0.39, 0.29) is 0 Å². The molecule has 0 unspecified atom stereocenters. The Morgan fingerprint density at radius 2 is 2.25 bits per heavy atom. The smallest absolute Gasteiger partial charge is 0.0670 e. The molecule has 58 valence electrons. The van der Waals surface area contributed by atoms with Crippen molar-refractivity contribution >= 4 is 21.4 Å². The van der Waals surface area contributed by atoms with Crippen LogP contribution in [-0.2, 0) is 6.42 Å². The van der Waals surface area contributed by atoms with Crippen molar-refractivity contribution in [1.29, 1.82) is 5.26 Å². The molecule has 0 atom stereocenters. The van der Waals surface area contributed by atoms with Gasteiger partial charge in [-0.05, 0) is 22.4 Å². The van der Waals surface area contributed by atoms with Crippen molar-refractivity contribution in [1.82, 2.24) is 0 Å². The third-order valence-electron chi connectivity index (χ3n) is 1.83. The van der Waals surface area contributed by atoms with E-state index in [2.05, 4.69) is 23.6 Å². The van der Waals surface area contributed by atoms with Crippen molar-refractivity contribution in [3.63, 3.8) is 0 Å². The first-order valence-electron chi connectivity index (χ1n) is 3.74. The van der Waals surface area contributed by atoms with Gasteiger partial charge in [0.25, 0.3) is 0 Å². The molecule has 0 saturated heterocycles. The topological polar surface area (TPSA) is 23.8 Å². The number of benzene rings is 1. The fourth-order valence-corrected chi connectivity index (χ4v) is 2.19. The summed E-state index contributed by atoms with van der Waals surface area (Å²) < 4.78 is 1.25. The molecule has 0 bridgehead atoms. The maximum Gasteiger partial charge on any atom is 0.0670 e. The number of hydrogen-bond donors (Lipinski definition) is 0. The van der Waals surface area contributed by atoms with E-state index in [1.54, 1.807) is 11.3 Å². The van der Waals surface area contributed by atoms with E-state index in [1.807, 2.05) is 12.1 Å². The summed E-state index contributed by atoms with van der Waals surface area (Å²) in [6.45, 7) is 0. The predicted octanol–water partition coefficient (Wildman–Crippen LogP) is 2.97. The highest BCUT2D eigenvalue weighted by Gasteiger charge is 1.99. The molecule has 1 aromatic carbocycles. The first-order valence-corrected chi connectivity index (χ1v) is 4.62. The zero-order chi connectivity index (χ0) is 8.39. The molecule has 0 aliphatic carbocycles. The van der Waals surface area contributed by atoms with E-state index in [0.29, 0.717) is 6.42 Å². The van der Waals surface area contributed by atoms with E-state index in [1.165, 1.54) is 10.1 Å². The van der Waals surface area contributed by atoms with Crippen LogP contribution in [0.1, 0.15) is 5.56 Å². The lowest BCUT2D eigenvalue weighted by atomic mass is 10.1. The molecule has 0 fully saturated rings. The Bertz CT molecular complexity index is 436. The highest BCUT2D eigenvalue weighted by Crippen LogP contribution is 2.24. The molecule has 2 aromatic rings. The van der Waals surface area contributed by atoms with E-state index in [0.717, 1.165) is 5.56 Å². The van der Waals surface area contributed by atoms with Gasteiger partial charge in [-0.25, -0.2) is 0 Å². The maximum absolute atomic E-state index is 8.57. The van der Waals surface area contributed by atoms with Crippen LogP contribution in [0.2, 0.25) is 0 Å². The minimum absolute atomic E-state index is 0.512. The number of rotatable bonds is 1. The van der Waals surface area contributed by atoms with Gasteiger partial charge >= 0.3 is 0 Å². The van der Waals surface area contributed by atoms with Gasteiger partial charge in [-0.15, -0.1) is 11.3 Å². The number of nitriles is 1. The summed E-state index contributed by atoms with van der Waals surface area (Å²) in [6.07, 6.45) is 0.512. The largest absolute Gasteiger partial charge is 0.198 e. The Labute approximate surface area is 74.9 Å². The molecule has 1 aromatic heterocycles. The number of fused-ring (bicyclic) bond motifs is 1. The van der Waals surface area contributed by atoms with Crippen LogP contribution in [0.3, 0.4) is 0 Å². The minimum Gasteiger partial charge on any atom is -0.198 e. The van der Waals surface area contributed by atoms with Crippen molar-refractivity contribution in [2.45, 2.75) is 6.42 Å². The van der Waals surface area contributed by atoms with Gasteiger partial charge in [0.15, 0.2) is 0 Å². The molecule has 0 radical (unpaired) electrons. The van der Waals surface area contributed by atoms with Crippen molar-refractivity contribution in [3.05, 3.63) is 35.2 Å². The molecule has 0 amide bonds. The molecule has 1 nitrogen and oxygen atoms in total. The molecule has 0 N–H and O–H groups in total. The molecule has 2 rings (SSSR count). The van der Waals surface area contributed by atoms with Crippen molar-refractivity contribution in [2.24, 2.45) is 0 Å². The Morgan fingerprint density at radius 1 is 1.33 bits per heavy atom. The molecule has 0 saturated carbocycles. The summed E-state index contributed by atoms with van der Waals surface area (Å²) in [5.74, 6) is 0. The maximum atomic E-state index is 8.57. The van der Waals surface area contributed by atoms with Crippen molar-refractivity contribution in [3.8, 4) is 6.07 Å². The first kappa shape index (κ1) is 7.33. The van der Waals surface area contributed by atoms with Gasteiger partial charge in [0, 0.05) is 4.70 Å². The van der Waals surface area contributed by atoms with Crippen LogP contribution in [0.5, 0.6) is 0 Å². The molecular formula is C10H7NS. The third kappa shape index (κ3) is 1.09. The normalized spacial score (nSPS) is 9.92. The zero-order valence-corrected chi connectivity index (χ0v) is 7.27. The second-order valence-corrected chi connectivity index (χ2v) is 3.51. The highest BCUT2D eigenvalue weighted by molar-refractivity contribution is 7.17. The fraction of sp³-hybridized carbons (Fsp3) is 0.100. The minimum atomic E-state index is 0.512. The van der Waals surface area contributed by atoms with E-state index < -0.39 is 0 Å².